The van der Waals surface area contributed by atoms with Crippen LogP contribution in [0.3, 0.4) is 0 Å². The van der Waals surface area contributed by atoms with Crippen LogP contribution in [0.4, 0.5) is 17.1 Å². The molecule has 0 radical (unpaired) electrons. The predicted octanol–water partition coefficient (Wildman–Crippen LogP) is 17.2. The Morgan fingerprint density at radius 3 is 1.62 bits per heavy atom. The second kappa shape index (κ2) is 12.9. The van der Waals surface area contributed by atoms with Crippen LogP contribution in [0.15, 0.2) is 188 Å². The summed E-state index contributed by atoms with van der Waals surface area (Å²) in [4.78, 5) is 2.51. The molecule has 0 saturated carbocycles. The lowest BCUT2D eigenvalue weighted by molar-refractivity contribution is 0.652. The van der Waals surface area contributed by atoms with Crippen molar-refractivity contribution in [2.45, 2.75) is 57.8 Å². The number of hydrogen-bond donors (Lipinski definition) is 0. The van der Waals surface area contributed by atoms with Gasteiger partial charge in [0.1, 0.15) is 0 Å². The molecule has 10 aromatic rings. The lowest BCUT2D eigenvalue weighted by Gasteiger charge is -2.30. The molecule has 0 bridgehead atoms. The summed E-state index contributed by atoms with van der Waals surface area (Å²) in [7, 11) is 0. The van der Waals surface area contributed by atoms with E-state index in [0.29, 0.717) is 0 Å². The Kier molecular flexibility index (Phi) is 7.54. The van der Waals surface area contributed by atoms with Crippen LogP contribution in [0.5, 0.6) is 0 Å². The second-order valence-corrected chi connectivity index (χ2v) is 20.1. The van der Waals surface area contributed by atoms with Gasteiger partial charge in [0.2, 0.25) is 0 Å². The van der Waals surface area contributed by atoms with Crippen molar-refractivity contribution in [1.82, 2.24) is 0 Å². The fourth-order valence-corrected chi connectivity index (χ4v) is 12.5. The lowest BCUT2D eigenvalue weighted by Crippen LogP contribution is -2.18. The first-order valence-corrected chi connectivity index (χ1v) is 22.9. The summed E-state index contributed by atoms with van der Waals surface area (Å²) >= 11 is 0. The molecule has 0 amide bonds. The predicted molar refractivity (Wildman–Crippen MR) is 272 cm³/mol. The van der Waals surface area contributed by atoms with Crippen LogP contribution in [0.1, 0.15) is 74.9 Å². The van der Waals surface area contributed by atoms with Crippen molar-refractivity contribution in [2.75, 3.05) is 4.90 Å². The highest BCUT2D eigenvalue weighted by Gasteiger charge is 2.43. The number of anilines is 3. The van der Waals surface area contributed by atoms with Gasteiger partial charge in [0.25, 0.3) is 0 Å². The number of fused-ring (bicyclic) bond motifs is 15. The average Bonchev–Trinajstić information content (AvgIpc) is 3.80. The Morgan fingerprint density at radius 1 is 0.312 bits per heavy atom. The summed E-state index contributed by atoms with van der Waals surface area (Å²) < 4.78 is 0. The lowest BCUT2D eigenvalue weighted by atomic mass is 9.78. The molecule has 1 heteroatoms. The minimum atomic E-state index is -0.216. The summed E-state index contributed by atoms with van der Waals surface area (Å²) in [6, 6.07) is 71.1. The molecule has 10 aromatic carbocycles. The molecule has 306 valence electrons. The molecule has 0 spiro atoms. The summed E-state index contributed by atoms with van der Waals surface area (Å²) in [5.74, 6) is 0. The summed E-state index contributed by atoms with van der Waals surface area (Å²) in [6.45, 7) is 14.5. The monoisotopic (exact) mass is 819 g/mol. The molecule has 3 aliphatic carbocycles. The second-order valence-electron chi connectivity index (χ2n) is 20.1. The van der Waals surface area contributed by atoms with E-state index in [4.69, 9.17) is 0 Å². The Bertz CT molecular complexity index is 3640. The van der Waals surface area contributed by atoms with Crippen molar-refractivity contribution in [3.63, 3.8) is 0 Å². The van der Waals surface area contributed by atoms with Gasteiger partial charge in [0, 0.05) is 33.2 Å². The van der Waals surface area contributed by atoms with Crippen LogP contribution in [0.2, 0.25) is 0 Å². The summed E-state index contributed by atoms with van der Waals surface area (Å²) in [5, 5.41) is 7.86. The van der Waals surface area contributed by atoms with Crippen molar-refractivity contribution in [3.05, 3.63) is 221 Å². The van der Waals surface area contributed by atoms with Gasteiger partial charge in [-0.3, -0.25) is 0 Å². The molecule has 0 aromatic heterocycles. The Hall–Kier alpha value is -7.22. The standard InChI is InChI=1S/C63H49N/c1-61(2)53-33-26-39-18-10-12-21-45(39)58(53)52-37-55-51(36-56(52)61)48-32-28-43(35-54(48)62(55,3)4)64(57-23-15-14-20-44(57)38-16-8-7-9-17-38)42-27-31-47-41(34-42)25-30-50-49-29-24-40-19-11-13-22-46(40)59(49)63(5,6)60(47)50/h7-37H,1-6H3. The van der Waals surface area contributed by atoms with E-state index in [9.17, 15) is 0 Å². The molecule has 0 saturated heterocycles. The van der Waals surface area contributed by atoms with Gasteiger partial charge in [-0.05, 0) is 147 Å². The van der Waals surface area contributed by atoms with E-state index in [-0.39, 0.29) is 16.2 Å². The van der Waals surface area contributed by atoms with E-state index in [0.717, 1.165) is 17.1 Å². The topological polar surface area (TPSA) is 3.24 Å². The van der Waals surface area contributed by atoms with Crippen molar-refractivity contribution < 1.29 is 0 Å². The smallest absolute Gasteiger partial charge is 0.0540 e. The molecule has 0 N–H and O–H groups in total. The summed E-state index contributed by atoms with van der Waals surface area (Å²) in [6.07, 6.45) is 0. The SMILES string of the molecule is CC1(C)c2cc(N(c3ccc4c5c(ccc4c3)-c3ccc4ccccc4c3C5(C)C)c3ccccc3-c3ccccc3)ccc2-c2cc3c(cc21)-c1c(ccc2ccccc12)C3(C)C. The molecule has 0 unspecified atom stereocenters. The van der Waals surface area contributed by atoms with Crippen LogP contribution in [-0.4, -0.2) is 0 Å². The van der Waals surface area contributed by atoms with Crippen molar-refractivity contribution in [1.29, 1.82) is 0 Å². The maximum atomic E-state index is 2.55. The van der Waals surface area contributed by atoms with Crippen LogP contribution in [0.25, 0.3) is 76.8 Å². The first-order chi connectivity index (χ1) is 31.0. The van der Waals surface area contributed by atoms with Crippen molar-refractivity contribution >= 4 is 49.4 Å². The molecular weight excluding hydrogens is 771 g/mol. The minimum Gasteiger partial charge on any atom is -0.310 e. The van der Waals surface area contributed by atoms with E-state index < -0.39 is 0 Å². The maximum absolute atomic E-state index is 2.55. The molecule has 0 fully saturated rings. The molecule has 0 heterocycles. The van der Waals surface area contributed by atoms with Gasteiger partial charge in [-0.25, -0.2) is 0 Å². The van der Waals surface area contributed by atoms with Crippen molar-refractivity contribution in [3.8, 4) is 44.5 Å². The van der Waals surface area contributed by atoms with Gasteiger partial charge in [-0.1, -0.05) is 187 Å². The van der Waals surface area contributed by atoms with Gasteiger partial charge in [-0.15, -0.1) is 0 Å². The third kappa shape index (κ3) is 4.96. The molecule has 1 nitrogen and oxygen atoms in total. The van der Waals surface area contributed by atoms with E-state index in [1.54, 1.807) is 0 Å². The molecule has 13 rings (SSSR count). The average molecular weight is 820 g/mol. The van der Waals surface area contributed by atoms with Gasteiger partial charge >= 0.3 is 0 Å². The first-order valence-electron chi connectivity index (χ1n) is 22.9. The number of nitrogens with zero attached hydrogens (tertiary/aromatic N) is 1. The minimum absolute atomic E-state index is 0.101. The Morgan fingerprint density at radius 2 is 0.844 bits per heavy atom. The van der Waals surface area contributed by atoms with Crippen LogP contribution in [-0.2, 0) is 16.2 Å². The Labute approximate surface area is 376 Å². The largest absolute Gasteiger partial charge is 0.310 e. The van der Waals surface area contributed by atoms with Gasteiger partial charge in [0.15, 0.2) is 0 Å². The number of benzene rings is 10. The number of para-hydroxylation sites is 1. The van der Waals surface area contributed by atoms with Crippen LogP contribution < -0.4 is 4.90 Å². The Balaban J connectivity index is 0.989. The molecule has 3 aliphatic rings. The third-order valence-corrected chi connectivity index (χ3v) is 15.6. The van der Waals surface area contributed by atoms with Crippen LogP contribution in [0, 0.1) is 0 Å². The third-order valence-electron chi connectivity index (χ3n) is 15.6. The zero-order valence-electron chi connectivity index (χ0n) is 37.3. The van der Waals surface area contributed by atoms with E-state index in [1.165, 1.54) is 110 Å². The van der Waals surface area contributed by atoms with Gasteiger partial charge in [-0.2, -0.15) is 0 Å². The molecule has 64 heavy (non-hydrogen) atoms. The normalized spacial score (nSPS) is 15.4. The number of rotatable bonds is 4. The maximum Gasteiger partial charge on any atom is 0.0540 e. The highest BCUT2D eigenvalue weighted by molar-refractivity contribution is 6.06. The van der Waals surface area contributed by atoms with E-state index >= 15 is 0 Å². The van der Waals surface area contributed by atoms with Gasteiger partial charge in [0.05, 0.1) is 5.69 Å². The molecular formula is C63H49N. The van der Waals surface area contributed by atoms with Gasteiger partial charge < -0.3 is 4.90 Å². The highest BCUT2D eigenvalue weighted by atomic mass is 15.1. The van der Waals surface area contributed by atoms with Crippen molar-refractivity contribution in [2.24, 2.45) is 0 Å². The fraction of sp³-hybridized carbons (Fsp3) is 0.143. The molecule has 0 atom stereocenters. The first kappa shape index (κ1) is 37.3. The number of hydrogen-bond acceptors (Lipinski definition) is 1. The zero-order chi connectivity index (χ0) is 43.3. The quantitative estimate of drug-likeness (QED) is 0.171. The highest BCUT2D eigenvalue weighted by Crippen LogP contribution is 2.59. The fourth-order valence-electron chi connectivity index (χ4n) is 12.5. The van der Waals surface area contributed by atoms with Crippen LogP contribution >= 0.6 is 0 Å². The zero-order valence-corrected chi connectivity index (χ0v) is 37.3. The van der Waals surface area contributed by atoms with E-state index in [1.807, 2.05) is 0 Å². The van der Waals surface area contributed by atoms with E-state index in [2.05, 4.69) is 234 Å². The molecule has 0 aliphatic heterocycles. The summed E-state index contributed by atoms with van der Waals surface area (Å²) in [5.41, 5.74) is 22.1.